The Bertz CT molecular complexity index is 292. The van der Waals surface area contributed by atoms with Gasteiger partial charge in [0.05, 0.1) is 0 Å². The molecule has 1 rings (SSSR count). The van der Waals surface area contributed by atoms with Gasteiger partial charge < -0.3 is 0 Å². The molecule has 0 bridgehead atoms. The van der Waals surface area contributed by atoms with Crippen LogP contribution < -0.4 is 0 Å². The molecule has 0 radical (unpaired) electrons. The summed E-state index contributed by atoms with van der Waals surface area (Å²) in [6, 6.07) is 5.81. The molecule has 0 N–H and O–H groups in total. The number of hydrogen-bond donors (Lipinski definition) is 0. The Hall–Kier alpha value is -0.0200. The van der Waals surface area contributed by atoms with Crippen LogP contribution in [0.1, 0.15) is 12.5 Å². The molecule has 0 aliphatic heterocycles. The van der Waals surface area contributed by atoms with Gasteiger partial charge in [0.2, 0.25) is 0 Å². The maximum atomic E-state index is 5.82. The van der Waals surface area contributed by atoms with Crippen LogP contribution in [-0.4, -0.2) is 0 Å². The van der Waals surface area contributed by atoms with Gasteiger partial charge in [-0.25, -0.2) is 0 Å². The topological polar surface area (TPSA) is 0 Å². The fourth-order valence-corrected chi connectivity index (χ4v) is 1.79. The van der Waals surface area contributed by atoms with Gasteiger partial charge in [-0.3, -0.25) is 0 Å². The molecule has 0 aliphatic rings. The van der Waals surface area contributed by atoms with Crippen molar-refractivity contribution in [3.05, 3.63) is 38.9 Å². The van der Waals surface area contributed by atoms with Crippen LogP contribution in [0.3, 0.4) is 0 Å². The average Bonchev–Trinajstić information content (AvgIpc) is 1.94. The highest BCUT2D eigenvalue weighted by atomic mass is 127. The van der Waals surface area contributed by atoms with Gasteiger partial charge in [0.15, 0.2) is 0 Å². The lowest BCUT2D eigenvalue weighted by Gasteiger charge is -2.02. The Morgan fingerprint density at radius 3 is 2.64 bits per heavy atom. The quantitative estimate of drug-likeness (QED) is 0.682. The van der Waals surface area contributed by atoms with E-state index in [0.29, 0.717) is 0 Å². The molecule has 0 saturated heterocycles. The first-order valence-corrected chi connectivity index (χ1v) is 4.68. The second kappa shape index (κ2) is 3.59. The highest BCUT2D eigenvalue weighted by molar-refractivity contribution is 14.1. The Kier molecular flexibility index (Phi) is 2.96. The van der Waals surface area contributed by atoms with Gasteiger partial charge in [0, 0.05) is 8.59 Å². The van der Waals surface area contributed by atoms with Gasteiger partial charge in [-0.15, -0.1) is 0 Å². The molecule has 0 amide bonds. The van der Waals surface area contributed by atoms with E-state index in [4.69, 9.17) is 11.6 Å². The Labute approximate surface area is 85.4 Å². The zero-order valence-electron chi connectivity index (χ0n) is 6.20. The zero-order chi connectivity index (χ0) is 8.43. The minimum Gasteiger partial charge on any atom is -0.0955 e. The van der Waals surface area contributed by atoms with Gasteiger partial charge in [0.25, 0.3) is 0 Å². The van der Waals surface area contributed by atoms with Crippen LogP contribution in [-0.2, 0) is 0 Å². The molecule has 0 aromatic heterocycles. The molecule has 0 saturated carbocycles. The summed E-state index contributed by atoms with van der Waals surface area (Å²) in [6.45, 7) is 5.84. The third-order valence-corrected chi connectivity index (χ3v) is 2.56. The number of allylic oxidation sites excluding steroid dienone is 1. The molecular formula is C9H8ClI. The van der Waals surface area contributed by atoms with Crippen LogP contribution in [0.2, 0.25) is 5.02 Å². The zero-order valence-corrected chi connectivity index (χ0v) is 9.11. The van der Waals surface area contributed by atoms with Crippen LogP contribution >= 0.6 is 34.2 Å². The summed E-state index contributed by atoms with van der Waals surface area (Å²) in [5.74, 6) is 0. The molecular weight excluding hydrogens is 270 g/mol. The molecule has 0 nitrogen and oxygen atoms in total. The highest BCUT2D eigenvalue weighted by Crippen LogP contribution is 2.22. The van der Waals surface area contributed by atoms with E-state index in [1.165, 1.54) is 3.57 Å². The molecule has 1 aromatic carbocycles. The highest BCUT2D eigenvalue weighted by Gasteiger charge is 1.99. The van der Waals surface area contributed by atoms with E-state index in [1.54, 1.807) is 0 Å². The van der Waals surface area contributed by atoms with Crippen molar-refractivity contribution in [1.29, 1.82) is 0 Å². The van der Waals surface area contributed by atoms with Crippen LogP contribution in [0.5, 0.6) is 0 Å². The van der Waals surface area contributed by atoms with E-state index >= 15 is 0 Å². The van der Waals surface area contributed by atoms with Crippen molar-refractivity contribution >= 4 is 39.8 Å². The van der Waals surface area contributed by atoms with Crippen LogP contribution in [0.25, 0.3) is 5.57 Å². The van der Waals surface area contributed by atoms with E-state index in [9.17, 15) is 0 Å². The van der Waals surface area contributed by atoms with E-state index in [1.807, 2.05) is 25.1 Å². The minimum absolute atomic E-state index is 0.767. The summed E-state index contributed by atoms with van der Waals surface area (Å²) in [4.78, 5) is 0. The van der Waals surface area contributed by atoms with E-state index in [0.717, 1.165) is 16.2 Å². The smallest absolute Gasteiger partial charge is 0.0412 e. The summed E-state index contributed by atoms with van der Waals surface area (Å²) in [5, 5.41) is 0.767. The first-order chi connectivity index (χ1) is 5.11. The number of halogens is 2. The van der Waals surface area contributed by atoms with Gasteiger partial charge in [-0.2, -0.15) is 0 Å². The average molecular weight is 279 g/mol. The lowest BCUT2D eigenvalue weighted by Crippen LogP contribution is -1.82. The molecule has 2 heteroatoms. The summed E-state index contributed by atoms with van der Waals surface area (Å²) >= 11 is 8.09. The normalized spacial score (nSPS) is 9.73. The lowest BCUT2D eigenvalue weighted by atomic mass is 10.1. The molecule has 11 heavy (non-hydrogen) atoms. The number of hydrogen-bond acceptors (Lipinski definition) is 0. The van der Waals surface area contributed by atoms with Crippen LogP contribution in [0.4, 0.5) is 0 Å². The van der Waals surface area contributed by atoms with Crippen molar-refractivity contribution in [3.8, 4) is 0 Å². The van der Waals surface area contributed by atoms with Gasteiger partial charge in [0.1, 0.15) is 0 Å². The van der Waals surface area contributed by atoms with E-state index in [-0.39, 0.29) is 0 Å². The van der Waals surface area contributed by atoms with Crippen LogP contribution in [0, 0.1) is 3.57 Å². The predicted octanol–water partition coefficient (Wildman–Crippen LogP) is 3.98. The van der Waals surface area contributed by atoms with Crippen molar-refractivity contribution in [2.24, 2.45) is 0 Å². The minimum atomic E-state index is 0.767. The fraction of sp³-hybridized carbons (Fsp3) is 0.111. The molecule has 1 aromatic rings. The summed E-state index contributed by atoms with van der Waals surface area (Å²) in [7, 11) is 0. The van der Waals surface area contributed by atoms with Gasteiger partial charge >= 0.3 is 0 Å². The molecule has 0 fully saturated rings. The molecule has 0 heterocycles. The maximum absolute atomic E-state index is 5.82. The third kappa shape index (κ3) is 2.20. The Balaban J connectivity index is 3.23. The maximum Gasteiger partial charge on any atom is 0.0412 e. The standard InChI is InChI=1S/C9H8ClI/c1-6(2)8-5-7(10)3-4-9(8)11/h3-5H,1H2,2H3. The first kappa shape index (κ1) is 9.07. The van der Waals surface area contributed by atoms with Crippen molar-refractivity contribution in [3.63, 3.8) is 0 Å². The third-order valence-electron chi connectivity index (χ3n) is 1.39. The predicted molar refractivity (Wildman–Crippen MR) is 58.9 cm³/mol. The molecule has 0 atom stereocenters. The van der Waals surface area contributed by atoms with Crippen molar-refractivity contribution < 1.29 is 0 Å². The Morgan fingerprint density at radius 2 is 2.18 bits per heavy atom. The van der Waals surface area contributed by atoms with E-state index in [2.05, 4.69) is 29.2 Å². The van der Waals surface area contributed by atoms with Crippen molar-refractivity contribution in [2.45, 2.75) is 6.92 Å². The number of rotatable bonds is 1. The monoisotopic (exact) mass is 278 g/mol. The van der Waals surface area contributed by atoms with Crippen molar-refractivity contribution in [2.75, 3.05) is 0 Å². The number of benzene rings is 1. The molecule has 58 valence electrons. The van der Waals surface area contributed by atoms with Crippen molar-refractivity contribution in [1.82, 2.24) is 0 Å². The SMILES string of the molecule is C=C(C)c1cc(Cl)ccc1I. The Morgan fingerprint density at radius 1 is 1.55 bits per heavy atom. The second-order valence-electron chi connectivity index (χ2n) is 2.40. The van der Waals surface area contributed by atoms with Gasteiger partial charge in [-0.1, -0.05) is 18.2 Å². The molecule has 0 unspecified atom stereocenters. The molecule has 0 aliphatic carbocycles. The van der Waals surface area contributed by atoms with E-state index < -0.39 is 0 Å². The first-order valence-electron chi connectivity index (χ1n) is 3.22. The summed E-state index contributed by atoms with van der Waals surface area (Å²) in [6.07, 6.45) is 0. The largest absolute Gasteiger partial charge is 0.0955 e. The lowest BCUT2D eigenvalue weighted by molar-refractivity contribution is 1.53. The second-order valence-corrected chi connectivity index (χ2v) is 4.00. The van der Waals surface area contributed by atoms with Gasteiger partial charge in [-0.05, 0) is 58.9 Å². The summed E-state index contributed by atoms with van der Waals surface area (Å²) in [5.41, 5.74) is 2.19. The fourth-order valence-electron chi connectivity index (χ4n) is 0.825. The summed E-state index contributed by atoms with van der Waals surface area (Å²) < 4.78 is 1.19. The molecule has 0 spiro atoms. The van der Waals surface area contributed by atoms with Crippen LogP contribution in [0.15, 0.2) is 24.8 Å².